The van der Waals surface area contributed by atoms with Gasteiger partial charge in [0.1, 0.15) is 0 Å². The van der Waals surface area contributed by atoms with Gasteiger partial charge in [0, 0.05) is 9.26 Å². The second kappa shape index (κ2) is 4.15. The van der Waals surface area contributed by atoms with E-state index in [1.807, 2.05) is 22.6 Å². The van der Waals surface area contributed by atoms with Gasteiger partial charge in [-0.15, -0.1) is 0 Å². The zero-order valence-electron chi connectivity index (χ0n) is 6.80. The lowest BCUT2D eigenvalue weighted by Crippen LogP contribution is -2.05. The molecule has 70 valence electrons. The molecule has 1 aromatic carbocycles. The summed E-state index contributed by atoms with van der Waals surface area (Å²) < 4.78 is 5.26. The van der Waals surface area contributed by atoms with Gasteiger partial charge in [0.15, 0.2) is 0 Å². The molecule has 0 radical (unpaired) electrons. The third kappa shape index (κ3) is 2.25. The molecule has 0 atom stereocenters. The van der Waals surface area contributed by atoms with Gasteiger partial charge < -0.3 is 10.5 Å². The number of nitrogens with two attached hydrogens (primary N) is 1. The molecule has 0 bridgehead atoms. The van der Waals surface area contributed by atoms with Crippen LogP contribution in [-0.2, 0) is 4.74 Å². The molecule has 3 nitrogen and oxygen atoms in total. The zero-order chi connectivity index (χ0) is 10.0. The van der Waals surface area contributed by atoms with Gasteiger partial charge >= 0.3 is 5.97 Å². The largest absolute Gasteiger partial charge is 0.465 e. The van der Waals surface area contributed by atoms with Gasteiger partial charge in [-0.1, -0.05) is 11.6 Å². The van der Waals surface area contributed by atoms with Gasteiger partial charge in [0.05, 0.1) is 17.7 Å². The lowest BCUT2D eigenvalue weighted by atomic mass is 10.2. The minimum atomic E-state index is -0.450. The summed E-state index contributed by atoms with van der Waals surface area (Å²) in [6.45, 7) is 0. The van der Waals surface area contributed by atoms with Crippen molar-refractivity contribution in [2.24, 2.45) is 0 Å². The number of benzene rings is 1. The maximum atomic E-state index is 11.2. The molecule has 0 unspecified atom stereocenters. The molecule has 13 heavy (non-hydrogen) atoms. The van der Waals surface area contributed by atoms with Crippen molar-refractivity contribution < 1.29 is 9.53 Å². The van der Waals surface area contributed by atoms with Crippen LogP contribution in [0.3, 0.4) is 0 Å². The van der Waals surface area contributed by atoms with Crippen LogP contribution in [0.25, 0.3) is 0 Å². The molecule has 0 heterocycles. The van der Waals surface area contributed by atoms with E-state index in [1.54, 1.807) is 6.07 Å². The molecule has 0 aliphatic carbocycles. The Morgan fingerprint density at radius 1 is 1.62 bits per heavy atom. The van der Waals surface area contributed by atoms with Crippen LogP contribution in [0, 0.1) is 3.57 Å². The Balaban J connectivity index is 3.28. The van der Waals surface area contributed by atoms with E-state index < -0.39 is 5.97 Å². The third-order valence-corrected chi connectivity index (χ3v) is 2.60. The summed E-state index contributed by atoms with van der Waals surface area (Å²) >= 11 is 7.81. The number of hydrogen-bond donors (Lipinski definition) is 1. The van der Waals surface area contributed by atoms with Gasteiger partial charge in [0.25, 0.3) is 0 Å². The molecule has 0 aliphatic rings. The summed E-state index contributed by atoms with van der Waals surface area (Å²) in [5.41, 5.74) is 6.42. The molecule has 5 heteroatoms. The average molecular weight is 312 g/mol. The quantitative estimate of drug-likeness (QED) is 0.492. The maximum absolute atomic E-state index is 11.2. The highest BCUT2D eigenvalue weighted by Gasteiger charge is 2.15. The molecular formula is C8H7ClINO2. The van der Waals surface area contributed by atoms with E-state index in [1.165, 1.54) is 13.2 Å². The van der Waals surface area contributed by atoms with E-state index in [-0.39, 0.29) is 0 Å². The van der Waals surface area contributed by atoms with Crippen molar-refractivity contribution in [3.05, 3.63) is 26.3 Å². The number of nitrogen functional groups attached to an aromatic ring is 1. The molecule has 0 aliphatic heterocycles. The number of carbonyl (C=O) groups is 1. The number of methoxy groups -OCH3 is 1. The molecule has 0 spiro atoms. The van der Waals surface area contributed by atoms with Crippen molar-refractivity contribution in [3.63, 3.8) is 0 Å². The molecular weight excluding hydrogens is 304 g/mol. The summed E-state index contributed by atoms with van der Waals surface area (Å²) in [6.07, 6.45) is 0. The minimum absolute atomic E-state index is 0.316. The highest BCUT2D eigenvalue weighted by molar-refractivity contribution is 14.1. The molecule has 1 aromatic rings. The highest BCUT2D eigenvalue weighted by Crippen LogP contribution is 2.25. The average Bonchev–Trinajstić information content (AvgIpc) is 2.02. The molecule has 0 amide bonds. The Labute approximate surface area is 94.3 Å². The fourth-order valence-electron chi connectivity index (χ4n) is 0.890. The van der Waals surface area contributed by atoms with Crippen LogP contribution in [0.2, 0.25) is 5.02 Å². The van der Waals surface area contributed by atoms with Crippen molar-refractivity contribution in [2.45, 2.75) is 0 Å². The van der Waals surface area contributed by atoms with Crippen molar-refractivity contribution in [1.29, 1.82) is 0 Å². The fraction of sp³-hybridized carbons (Fsp3) is 0.125. The molecule has 2 N–H and O–H groups in total. The second-order valence-corrected chi connectivity index (χ2v) is 3.92. The minimum Gasteiger partial charge on any atom is -0.465 e. The lowest BCUT2D eigenvalue weighted by molar-refractivity contribution is 0.0600. The monoisotopic (exact) mass is 311 g/mol. The van der Waals surface area contributed by atoms with Gasteiger partial charge in [-0.3, -0.25) is 0 Å². The number of ether oxygens (including phenoxy) is 1. The maximum Gasteiger partial charge on any atom is 0.340 e. The lowest BCUT2D eigenvalue weighted by Gasteiger charge is -2.05. The fourth-order valence-corrected chi connectivity index (χ4v) is 2.22. The topological polar surface area (TPSA) is 52.3 Å². The van der Waals surface area contributed by atoms with E-state index in [9.17, 15) is 4.79 Å². The Bertz CT molecular complexity index is 331. The van der Waals surface area contributed by atoms with Gasteiger partial charge in [0.2, 0.25) is 0 Å². The van der Waals surface area contributed by atoms with Crippen LogP contribution in [0.1, 0.15) is 10.4 Å². The number of anilines is 1. The Morgan fingerprint density at radius 3 is 2.69 bits per heavy atom. The molecule has 0 fully saturated rings. The number of hydrogen-bond acceptors (Lipinski definition) is 3. The second-order valence-electron chi connectivity index (χ2n) is 2.35. The first kappa shape index (κ1) is 10.6. The summed E-state index contributed by atoms with van der Waals surface area (Å²) in [4.78, 5) is 11.2. The van der Waals surface area contributed by atoms with E-state index in [4.69, 9.17) is 17.3 Å². The first-order valence-electron chi connectivity index (χ1n) is 3.39. The summed E-state index contributed by atoms with van der Waals surface area (Å²) in [7, 11) is 1.31. The van der Waals surface area contributed by atoms with Crippen molar-refractivity contribution in [2.75, 3.05) is 12.8 Å². The molecule has 0 aromatic heterocycles. The smallest absolute Gasteiger partial charge is 0.340 e. The number of esters is 1. The van der Waals surface area contributed by atoms with Crippen LogP contribution in [-0.4, -0.2) is 13.1 Å². The Hall–Kier alpha value is -0.490. The first-order chi connectivity index (χ1) is 6.06. The van der Waals surface area contributed by atoms with E-state index >= 15 is 0 Å². The summed E-state index contributed by atoms with van der Waals surface area (Å²) in [5.74, 6) is -0.450. The van der Waals surface area contributed by atoms with Crippen LogP contribution >= 0.6 is 34.2 Å². The first-order valence-corrected chi connectivity index (χ1v) is 4.84. The van der Waals surface area contributed by atoms with Crippen molar-refractivity contribution >= 4 is 45.8 Å². The predicted octanol–water partition coefficient (Wildman–Crippen LogP) is 2.31. The van der Waals surface area contributed by atoms with Crippen LogP contribution in [0.15, 0.2) is 12.1 Å². The number of halogens is 2. The van der Waals surface area contributed by atoms with Crippen LogP contribution in [0.4, 0.5) is 5.69 Å². The Kier molecular flexibility index (Phi) is 3.38. The van der Waals surface area contributed by atoms with E-state index in [2.05, 4.69) is 4.74 Å². The molecule has 0 saturated heterocycles. The molecule has 1 rings (SSSR count). The van der Waals surface area contributed by atoms with Crippen molar-refractivity contribution in [1.82, 2.24) is 0 Å². The number of carbonyl (C=O) groups excluding carboxylic acids is 1. The molecule has 0 saturated carbocycles. The highest BCUT2D eigenvalue weighted by atomic mass is 127. The van der Waals surface area contributed by atoms with Crippen molar-refractivity contribution in [3.8, 4) is 0 Å². The van der Waals surface area contributed by atoms with Gasteiger partial charge in [-0.25, -0.2) is 4.79 Å². The normalized spacial score (nSPS) is 9.77. The standard InChI is InChI=1S/C8H7ClINO2/c1-13-8(12)7-5(9)2-4(11)3-6(7)10/h2-3H,11H2,1H3. The zero-order valence-corrected chi connectivity index (χ0v) is 9.72. The van der Waals surface area contributed by atoms with Gasteiger partial charge in [-0.05, 0) is 34.7 Å². The number of rotatable bonds is 1. The summed E-state index contributed by atoms with van der Waals surface area (Å²) in [6, 6.07) is 3.19. The van der Waals surface area contributed by atoms with E-state index in [0.29, 0.717) is 19.8 Å². The summed E-state index contributed by atoms with van der Waals surface area (Å²) in [5, 5.41) is 0.316. The third-order valence-electron chi connectivity index (χ3n) is 1.45. The SMILES string of the molecule is COC(=O)c1c(Cl)cc(N)cc1I. The predicted molar refractivity (Wildman–Crippen MR) is 59.9 cm³/mol. The Morgan fingerprint density at radius 2 is 2.23 bits per heavy atom. The van der Waals surface area contributed by atoms with E-state index in [0.717, 1.165) is 0 Å². The van der Waals surface area contributed by atoms with Gasteiger partial charge in [-0.2, -0.15) is 0 Å². The van der Waals surface area contributed by atoms with Crippen LogP contribution < -0.4 is 5.73 Å². The van der Waals surface area contributed by atoms with Crippen LogP contribution in [0.5, 0.6) is 0 Å².